The molecule has 0 bridgehead atoms. The third kappa shape index (κ3) is 6.48. The maximum absolute atomic E-state index is 12.3. The lowest BCUT2D eigenvalue weighted by molar-refractivity contribution is -0.165. The summed E-state index contributed by atoms with van der Waals surface area (Å²) in [7, 11) is 0. The third-order valence-electron chi connectivity index (χ3n) is 2.62. The number of rotatable bonds is 6. The second kappa shape index (κ2) is 7.31. The number of carboxylic acid groups (broad SMARTS) is 1. The summed E-state index contributed by atoms with van der Waals surface area (Å²) in [4.78, 5) is 22.6. The van der Waals surface area contributed by atoms with Crippen LogP contribution in [0.5, 0.6) is 0 Å². The van der Waals surface area contributed by atoms with Gasteiger partial charge in [0.05, 0.1) is 0 Å². The van der Waals surface area contributed by atoms with Crippen molar-refractivity contribution in [3.63, 3.8) is 0 Å². The topological polar surface area (TPSA) is 57.6 Å². The molecule has 0 saturated carbocycles. The fraction of sp³-hybridized carbons (Fsp3) is 0.385. The van der Waals surface area contributed by atoms with E-state index in [9.17, 15) is 22.8 Å². The van der Waals surface area contributed by atoms with Gasteiger partial charge in [-0.2, -0.15) is 13.2 Å². The van der Waals surface area contributed by atoms with Gasteiger partial charge in [0, 0.05) is 11.4 Å². The van der Waals surface area contributed by atoms with Crippen LogP contribution < -0.4 is 0 Å². The number of hydrogen-bond acceptors (Lipinski definition) is 2. The van der Waals surface area contributed by atoms with E-state index in [2.05, 4.69) is 0 Å². The van der Waals surface area contributed by atoms with E-state index >= 15 is 0 Å². The second-order valence-corrected chi connectivity index (χ2v) is 4.76. The molecule has 1 aromatic carbocycles. The van der Waals surface area contributed by atoms with Gasteiger partial charge in [0.25, 0.3) is 0 Å². The normalized spacial score (nSPS) is 11.2. The van der Waals surface area contributed by atoms with E-state index in [1.807, 2.05) is 0 Å². The standard InChI is InChI=1S/C13H13ClF3NO3/c14-10-4-2-1-3-9(10)5-6-11(19)18(7-12(20)21)8-13(15,16)17/h1-4H,5-8H2,(H,20,21). The minimum atomic E-state index is -4.64. The zero-order valence-electron chi connectivity index (χ0n) is 10.9. The zero-order valence-corrected chi connectivity index (χ0v) is 11.6. The lowest BCUT2D eigenvalue weighted by Crippen LogP contribution is -2.42. The first-order valence-corrected chi connectivity index (χ1v) is 6.36. The summed E-state index contributed by atoms with van der Waals surface area (Å²) >= 11 is 5.88. The molecule has 0 aromatic heterocycles. The molecule has 21 heavy (non-hydrogen) atoms. The van der Waals surface area contributed by atoms with Crippen LogP contribution in [-0.4, -0.2) is 41.1 Å². The van der Waals surface area contributed by atoms with Crippen molar-refractivity contribution in [1.29, 1.82) is 0 Å². The first-order valence-electron chi connectivity index (χ1n) is 5.99. The number of amides is 1. The smallest absolute Gasteiger partial charge is 0.406 e. The van der Waals surface area contributed by atoms with E-state index in [1.165, 1.54) is 0 Å². The Bertz CT molecular complexity index is 520. The van der Waals surface area contributed by atoms with Gasteiger partial charge in [-0.25, -0.2) is 0 Å². The zero-order chi connectivity index (χ0) is 16.0. The molecule has 0 aliphatic heterocycles. The Morgan fingerprint density at radius 2 is 1.86 bits per heavy atom. The molecule has 0 spiro atoms. The number of carbonyl (C=O) groups is 2. The van der Waals surface area contributed by atoms with Crippen molar-refractivity contribution in [2.75, 3.05) is 13.1 Å². The summed E-state index contributed by atoms with van der Waals surface area (Å²) in [6.45, 7) is -2.57. The summed E-state index contributed by atoms with van der Waals surface area (Å²) < 4.78 is 37.0. The molecule has 0 atom stereocenters. The van der Waals surface area contributed by atoms with Gasteiger partial charge in [-0.05, 0) is 18.1 Å². The molecule has 0 heterocycles. The van der Waals surface area contributed by atoms with E-state index in [1.54, 1.807) is 24.3 Å². The van der Waals surface area contributed by atoms with Crippen LogP contribution in [0.25, 0.3) is 0 Å². The van der Waals surface area contributed by atoms with Gasteiger partial charge in [0.15, 0.2) is 0 Å². The monoisotopic (exact) mass is 323 g/mol. The maximum atomic E-state index is 12.3. The number of nitrogens with zero attached hydrogens (tertiary/aromatic N) is 1. The van der Waals surface area contributed by atoms with Crippen molar-refractivity contribution < 1.29 is 27.9 Å². The molecule has 4 nitrogen and oxygen atoms in total. The summed E-state index contributed by atoms with van der Waals surface area (Å²) in [6, 6.07) is 6.64. The minimum absolute atomic E-state index is 0.145. The molecule has 0 saturated heterocycles. The molecule has 1 aromatic rings. The van der Waals surface area contributed by atoms with Crippen LogP contribution in [0.2, 0.25) is 5.02 Å². The van der Waals surface area contributed by atoms with Gasteiger partial charge in [0.2, 0.25) is 5.91 Å². The fourth-order valence-electron chi connectivity index (χ4n) is 1.71. The molecule has 116 valence electrons. The Labute approximate surface area is 124 Å². The number of hydrogen-bond donors (Lipinski definition) is 1. The van der Waals surface area contributed by atoms with E-state index in [-0.39, 0.29) is 17.7 Å². The Balaban J connectivity index is 2.68. The highest BCUT2D eigenvalue weighted by atomic mass is 35.5. The molecule has 0 aliphatic rings. The van der Waals surface area contributed by atoms with Crippen molar-refractivity contribution >= 4 is 23.5 Å². The SMILES string of the molecule is O=C(O)CN(CC(F)(F)F)C(=O)CCc1ccccc1Cl. The largest absolute Gasteiger partial charge is 0.480 e. The number of aryl methyl sites for hydroxylation is 1. The Hall–Kier alpha value is -1.76. The number of carbonyl (C=O) groups excluding carboxylic acids is 1. The number of benzene rings is 1. The number of halogens is 4. The molecule has 0 unspecified atom stereocenters. The lowest BCUT2D eigenvalue weighted by atomic mass is 10.1. The van der Waals surface area contributed by atoms with Gasteiger partial charge in [0.1, 0.15) is 13.1 Å². The predicted octanol–water partition coefficient (Wildman–Crippen LogP) is 2.75. The van der Waals surface area contributed by atoms with Gasteiger partial charge in [-0.1, -0.05) is 29.8 Å². The van der Waals surface area contributed by atoms with E-state index in [0.717, 1.165) is 0 Å². The summed E-state index contributed by atoms with van der Waals surface area (Å²) in [6.07, 6.45) is -4.74. The first kappa shape index (κ1) is 17.3. The molecule has 0 aliphatic carbocycles. The Kier molecular flexibility index (Phi) is 6.02. The maximum Gasteiger partial charge on any atom is 0.406 e. The third-order valence-corrected chi connectivity index (χ3v) is 2.98. The number of aliphatic carboxylic acids is 1. The lowest BCUT2D eigenvalue weighted by Gasteiger charge is -2.22. The summed E-state index contributed by atoms with van der Waals surface area (Å²) in [5.41, 5.74) is 0.620. The van der Waals surface area contributed by atoms with Gasteiger partial charge in [-0.15, -0.1) is 0 Å². The molecular weight excluding hydrogens is 311 g/mol. The molecule has 8 heteroatoms. The summed E-state index contributed by atoms with van der Waals surface area (Å²) in [5, 5.41) is 8.98. The molecule has 0 fully saturated rings. The van der Waals surface area contributed by atoms with Crippen LogP contribution in [0.3, 0.4) is 0 Å². The van der Waals surface area contributed by atoms with Crippen molar-refractivity contribution in [2.45, 2.75) is 19.0 Å². The number of alkyl halides is 3. The fourth-order valence-corrected chi connectivity index (χ4v) is 1.94. The van der Waals surface area contributed by atoms with Gasteiger partial charge >= 0.3 is 12.1 Å². The number of carboxylic acids is 1. The minimum Gasteiger partial charge on any atom is -0.480 e. The molecular formula is C13H13ClF3NO3. The predicted molar refractivity (Wildman–Crippen MR) is 70.0 cm³/mol. The van der Waals surface area contributed by atoms with E-state index in [0.29, 0.717) is 10.6 Å². The molecule has 1 amide bonds. The van der Waals surface area contributed by atoms with Crippen molar-refractivity contribution in [1.82, 2.24) is 4.90 Å². The van der Waals surface area contributed by atoms with Crippen molar-refractivity contribution in [2.24, 2.45) is 0 Å². The highest BCUT2D eigenvalue weighted by molar-refractivity contribution is 6.31. The van der Waals surface area contributed by atoms with Crippen LogP contribution in [0.15, 0.2) is 24.3 Å². The average molecular weight is 324 g/mol. The Morgan fingerprint density at radius 1 is 1.24 bits per heavy atom. The van der Waals surface area contributed by atoms with Crippen LogP contribution in [0, 0.1) is 0 Å². The highest BCUT2D eigenvalue weighted by Gasteiger charge is 2.33. The van der Waals surface area contributed by atoms with E-state index in [4.69, 9.17) is 16.7 Å². The van der Waals surface area contributed by atoms with Crippen LogP contribution in [0.4, 0.5) is 13.2 Å². The molecule has 0 radical (unpaired) electrons. The van der Waals surface area contributed by atoms with Crippen molar-refractivity contribution in [3.05, 3.63) is 34.9 Å². The van der Waals surface area contributed by atoms with Crippen molar-refractivity contribution in [3.8, 4) is 0 Å². The average Bonchev–Trinajstić information content (AvgIpc) is 2.34. The second-order valence-electron chi connectivity index (χ2n) is 4.35. The quantitative estimate of drug-likeness (QED) is 0.875. The van der Waals surface area contributed by atoms with Crippen LogP contribution in [0.1, 0.15) is 12.0 Å². The van der Waals surface area contributed by atoms with E-state index < -0.39 is 31.1 Å². The highest BCUT2D eigenvalue weighted by Crippen LogP contribution is 2.19. The van der Waals surface area contributed by atoms with Crippen LogP contribution in [-0.2, 0) is 16.0 Å². The molecule has 1 N–H and O–H groups in total. The molecule has 1 rings (SSSR count). The first-order chi connectivity index (χ1) is 9.69. The van der Waals surface area contributed by atoms with Crippen LogP contribution >= 0.6 is 11.6 Å². The Morgan fingerprint density at radius 3 is 2.38 bits per heavy atom. The van der Waals surface area contributed by atoms with Gasteiger partial charge in [-0.3, -0.25) is 9.59 Å². The summed E-state index contributed by atoms with van der Waals surface area (Å²) in [5.74, 6) is -2.38. The van der Waals surface area contributed by atoms with Gasteiger partial charge < -0.3 is 10.0 Å².